The Hall–Kier alpha value is -3.47. The Kier molecular flexibility index (Phi) is 6.85. The lowest BCUT2D eigenvalue weighted by Crippen LogP contribution is -2.16. The van der Waals surface area contributed by atoms with E-state index >= 15 is 0 Å². The number of tetrazole rings is 1. The highest BCUT2D eigenvalue weighted by atomic mass is 32.2. The van der Waals surface area contributed by atoms with E-state index in [9.17, 15) is 13.2 Å². The minimum absolute atomic E-state index is 0.0552. The molecule has 0 bridgehead atoms. The number of benzene rings is 2. The van der Waals surface area contributed by atoms with Gasteiger partial charge in [0.2, 0.25) is 0 Å². The number of hydrogen-bond donors (Lipinski definition) is 1. The molecule has 1 N–H and O–H groups in total. The van der Waals surface area contributed by atoms with Crippen LogP contribution in [0.3, 0.4) is 0 Å². The van der Waals surface area contributed by atoms with E-state index in [1.165, 1.54) is 25.3 Å². The minimum atomic E-state index is -4.02. The van der Waals surface area contributed by atoms with Crippen molar-refractivity contribution >= 4 is 21.7 Å². The molecule has 0 fully saturated rings. The lowest BCUT2D eigenvalue weighted by Gasteiger charge is -2.13. The molecular formula is C20H23N5O5S. The highest BCUT2D eigenvalue weighted by molar-refractivity contribution is 7.92. The lowest BCUT2D eigenvalue weighted by molar-refractivity contribution is 0.0456. The van der Waals surface area contributed by atoms with E-state index in [2.05, 4.69) is 20.2 Å². The smallest absolute Gasteiger partial charge is 0.338 e. The quantitative estimate of drug-likeness (QED) is 0.498. The summed E-state index contributed by atoms with van der Waals surface area (Å²) in [6, 6.07) is 10.9. The Bertz CT molecular complexity index is 1160. The molecule has 10 nitrogen and oxygen atoms in total. The molecule has 0 spiro atoms. The summed E-state index contributed by atoms with van der Waals surface area (Å²) in [4.78, 5) is 12.3. The summed E-state index contributed by atoms with van der Waals surface area (Å²) in [5, 5.41) is 11.2. The molecule has 31 heavy (non-hydrogen) atoms. The first-order valence-corrected chi connectivity index (χ1v) is 11.0. The molecule has 11 heteroatoms. The van der Waals surface area contributed by atoms with E-state index in [1.807, 2.05) is 13.8 Å². The zero-order chi connectivity index (χ0) is 22.4. The van der Waals surface area contributed by atoms with Gasteiger partial charge in [0.15, 0.2) is 12.4 Å². The SMILES string of the molecule is CCCn1nnnc1COC(=O)c1ccc(OC)c(S(=O)(=O)Nc2ccc(C)cc2)c1. The van der Waals surface area contributed by atoms with Gasteiger partial charge in [-0.05, 0) is 54.1 Å². The molecule has 0 unspecified atom stereocenters. The predicted molar refractivity (Wildman–Crippen MR) is 112 cm³/mol. The summed E-state index contributed by atoms with van der Waals surface area (Å²) in [6.07, 6.45) is 0.819. The van der Waals surface area contributed by atoms with Gasteiger partial charge in [-0.25, -0.2) is 17.9 Å². The third-order valence-corrected chi connectivity index (χ3v) is 5.77. The second-order valence-electron chi connectivity index (χ2n) is 6.73. The number of aromatic nitrogens is 4. The van der Waals surface area contributed by atoms with Crippen molar-refractivity contribution in [2.45, 2.75) is 38.3 Å². The van der Waals surface area contributed by atoms with E-state index in [-0.39, 0.29) is 22.8 Å². The Balaban J connectivity index is 1.81. The van der Waals surface area contributed by atoms with Gasteiger partial charge in [-0.3, -0.25) is 4.72 Å². The number of carbonyl (C=O) groups is 1. The van der Waals surface area contributed by atoms with Crippen LogP contribution in [-0.4, -0.2) is 41.7 Å². The van der Waals surface area contributed by atoms with Crippen LogP contribution >= 0.6 is 0 Å². The van der Waals surface area contributed by atoms with Crippen molar-refractivity contribution in [3.63, 3.8) is 0 Å². The fourth-order valence-electron chi connectivity index (χ4n) is 2.77. The zero-order valence-corrected chi connectivity index (χ0v) is 18.2. The number of nitrogens with one attached hydrogen (secondary N) is 1. The van der Waals surface area contributed by atoms with Gasteiger partial charge >= 0.3 is 5.97 Å². The number of methoxy groups -OCH3 is 1. The number of sulfonamides is 1. The second kappa shape index (κ2) is 9.56. The molecule has 0 aliphatic carbocycles. The van der Waals surface area contributed by atoms with Gasteiger partial charge in [0, 0.05) is 12.2 Å². The first kappa shape index (κ1) is 22.2. The predicted octanol–water partition coefficient (Wildman–Crippen LogP) is 2.56. The highest BCUT2D eigenvalue weighted by Crippen LogP contribution is 2.27. The van der Waals surface area contributed by atoms with Crippen LogP contribution in [0.15, 0.2) is 47.4 Å². The Morgan fingerprint density at radius 2 is 1.90 bits per heavy atom. The van der Waals surface area contributed by atoms with Crippen molar-refractivity contribution in [1.29, 1.82) is 0 Å². The van der Waals surface area contributed by atoms with E-state index in [4.69, 9.17) is 9.47 Å². The molecule has 1 aromatic heterocycles. The number of rotatable bonds is 9. The van der Waals surface area contributed by atoms with Crippen molar-refractivity contribution in [2.24, 2.45) is 0 Å². The van der Waals surface area contributed by atoms with E-state index in [1.54, 1.807) is 28.9 Å². The summed E-state index contributed by atoms with van der Waals surface area (Å²) in [7, 11) is -2.66. The average molecular weight is 446 g/mol. The van der Waals surface area contributed by atoms with Crippen LogP contribution < -0.4 is 9.46 Å². The van der Waals surface area contributed by atoms with Crippen LogP contribution in [0.25, 0.3) is 0 Å². The zero-order valence-electron chi connectivity index (χ0n) is 17.4. The van der Waals surface area contributed by atoms with Gasteiger partial charge in [0.05, 0.1) is 12.7 Å². The normalized spacial score (nSPS) is 11.2. The molecule has 0 aliphatic rings. The number of nitrogens with zero attached hydrogens (tertiary/aromatic N) is 4. The van der Waals surface area contributed by atoms with E-state index < -0.39 is 16.0 Å². The number of aryl methyl sites for hydroxylation is 2. The van der Waals surface area contributed by atoms with Gasteiger partial charge in [0.25, 0.3) is 10.0 Å². The number of ether oxygens (including phenoxy) is 2. The first-order chi connectivity index (χ1) is 14.8. The van der Waals surface area contributed by atoms with Crippen LogP contribution in [0.4, 0.5) is 5.69 Å². The molecule has 0 radical (unpaired) electrons. The molecule has 164 valence electrons. The second-order valence-corrected chi connectivity index (χ2v) is 8.38. The Morgan fingerprint density at radius 1 is 1.16 bits per heavy atom. The summed E-state index contributed by atoms with van der Waals surface area (Å²) < 4.78 is 40.3. The Morgan fingerprint density at radius 3 is 2.58 bits per heavy atom. The largest absolute Gasteiger partial charge is 0.495 e. The fraction of sp³-hybridized carbons (Fsp3) is 0.300. The van der Waals surface area contributed by atoms with Crippen LogP contribution in [0.1, 0.15) is 35.1 Å². The summed E-state index contributed by atoms with van der Waals surface area (Å²) >= 11 is 0. The monoisotopic (exact) mass is 445 g/mol. The molecule has 0 saturated heterocycles. The van der Waals surface area contributed by atoms with Gasteiger partial charge in [0.1, 0.15) is 10.6 Å². The molecule has 0 saturated carbocycles. The third-order valence-electron chi connectivity index (χ3n) is 4.37. The molecule has 1 heterocycles. The van der Waals surface area contributed by atoms with Gasteiger partial charge in [-0.2, -0.15) is 0 Å². The van der Waals surface area contributed by atoms with Gasteiger partial charge < -0.3 is 9.47 Å². The summed E-state index contributed by atoms with van der Waals surface area (Å²) in [6.45, 7) is 4.33. The van der Waals surface area contributed by atoms with Crippen molar-refractivity contribution in [3.8, 4) is 5.75 Å². The van der Waals surface area contributed by atoms with Crippen molar-refractivity contribution in [3.05, 3.63) is 59.4 Å². The molecule has 0 aliphatic heterocycles. The maximum Gasteiger partial charge on any atom is 0.338 e. The number of hydrogen-bond acceptors (Lipinski definition) is 8. The van der Waals surface area contributed by atoms with E-state index in [0.29, 0.717) is 18.1 Å². The molecular weight excluding hydrogens is 422 g/mol. The van der Waals surface area contributed by atoms with Crippen LogP contribution in [0.5, 0.6) is 5.75 Å². The molecule has 3 rings (SSSR count). The molecule has 3 aromatic rings. The van der Waals surface area contributed by atoms with Crippen LogP contribution in [0.2, 0.25) is 0 Å². The van der Waals surface area contributed by atoms with Crippen molar-refractivity contribution in [2.75, 3.05) is 11.8 Å². The average Bonchev–Trinajstić information content (AvgIpc) is 3.20. The lowest BCUT2D eigenvalue weighted by atomic mass is 10.2. The maximum atomic E-state index is 12.9. The van der Waals surface area contributed by atoms with Crippen molar-refractivity contribution < 1.29 is 22.7 Å². The topological polar surface area (TPSA) is 125 Å². The molecule has 2 aromatic carbocycles. The first-order valence-electron chi connectivity index (χ1n) is 9.53. The highest BCUT2D eigenvalue weighted by Gasteiger charge is 2.23. The Labute approximate surface area is 180 Å². The number of esters is 1. The van der Waals surface area contributed by atoms with E-state index in [0.717, 1.165) is 12.0 Å². The van der Waals surface area contributed by atoms with Crippen LogP contribution in [-0.2, 0) is 27.9 Å². The summed E-state index contributed by atoms with van der Waals surface area (Å²) in [5.74, 6) is -0.207. The van der Waals surface area contributed by atoms with Gasteiger partial charge in [-0.15, -0.1) is 5.10 Å². The van der Waals surface area contributed by atoms with Crippen LogP contribution in [0, 0.1) is 6.92 Å². The standard InChI is InChI=1S/C20H23N5O5S/c1-4-11-25-19(21-23-24-25)13-30-20(26)15-7-10-17(29-3)18(12-15)31(27,28)22-16-8-5-14(2)6-9-16/h5-10,12,22H,4,11,13H2,1-3H3. The summed E-state index contributed by atoms with van der Waals surface area (Å²) in [5.41, 5.74) is 1.44. The number of carbonyl (C=O) groups excluding carboxylic acids is 1. The third kappa shape index (κ3) is 5.37. The fourth-order valence-corrected chi connectivity index (χ4v) is 4.03. The molecule has 0 atom stereocenters. The molecule has 0 amide bonds. The minimum Gasteiger partial charge on any atom is -0.495 e. The maximum absolute atomic E-state index is 12.9. The van der Waals surface area contributed by atoms with Gasteiger partial charge in [-0.1, -0.05) is 24.6 Å². The number of anilines is 1. The van der Waals surface area contributed by atoms with Crippen molar-refractivity contribution in [1.82, 2.24) is 20.2 Å².